The van der Waals surface area contributed by atoms with Crippen LogP contribution in [0, 0.1) is 0 Å². The van der Waals surface area contributed by atoms with Crippen molar-refractivity contribution < 1.29 is 48.5 Å². The minimum atomic E-state index is -4.89. The number of hydrogen-bond donors (Lipinski definition) is 6. The second kappa shape index (κ2) is 11.5. The van der Waals surface area contributed by atoms with E-state index < -0.39 is 15.6 Å². The lowest BCUT2D eigenvalue weighted by molar-refractivity contribution is -0.376. The number of aromatic amines is 4. The summed E-state index contributed by atoms with van der Waals surface area (Å²) in [7, 11) is -9.78. The predicted octanol–water partition coefficient (Wildman–Crippen LogP) is -3.46. The van der Waals surface area contributed by atoms with Crippen molar-refractivity contribution in [1.82, 2.24) is 9.97 Å². The Morgan fingerprint density at radius 2 is 1.05 bits per heavy atom. The maximum Gasteiger partial charge on any atom is 0.262 e. The van der Waals surface area contributed by atoms with Gasteiger partial charge in [-0.05, 0) is 0 Å². The van der Waals surface area contributed by atoms with Crippen molar-refractivity contribution >= 4 is 15.6 Å². The number of hydrogen-bond acceptors (Lipinski definition) is 4. The molecule has 116 valence electrons. The molecule has 2 aromatic heterocycles. The van der Waals surface area contributed by atoms with E-state index in [9.17, 15) is 0 Å². The second-order valence-electron chi connectivity index (χ2n) is 2.60. The number of rotatable bonds is 0. The van der Waals surface area contributed by atoms with E-state index in [2.05, 4.69) is 19.9 Å². The fourth-order valence-corrected chi connectivity index (χ4v) is 0.481. The summed E-state index contributed by atoms with van der Waals surface area (Å²) in [5.41, 5.74) is 0. The van der Waals surface area contributed by atoms with E-state index in [-0.39, 0.29) is 0 Å². The summed E-state index contributed by atoms with van der Waals surface area (Å²) in [6.07, 6.45) is 10.8. The zero-order chi connectivity index (χ0) is 16.1. The molecule has 0 amide bonds. The average Bonchev–Trinajstić information content (AvgIpc) is 2.92. The summed E-state index contributed by atoms with van der Waals surface area (Å²) in [4.78, 5) is 57.1. The van der Waals surface area contributed by atoms with Crippen molar-refractivity contribution in [2.24, 2.45) is 0 Å². The lowest BCUT2D eigenvalue weighted by Crippen LogP contribution is -1.94. The van der Waals surface area contributed by atoms with Crippen molar-refractivity contribution in [3.05, 3.63) is 37.4 Å². The third kappa shape index (κ3) is 54.5. The summed E-state index contributed by atoms with van der Waals surface area (Å²) in [5, 5.41) is 0. The Balaban J connectivity index is 0. The van der Waals surface area contributed by atoms with E-state index in [4.69, 9.17) is 38.5 Å². The highest BCUT2D eigenvalue weighted by Crippen LogP contribution is 2.19. The highest BCUT2D eigenvalue weighted by molar-refractivity contribution is 7.43. The smallest absolute Gasteiger partial charge is 0.262 e. The highest BCUT2D eigenvalue weighted by atomic mass is 31.2. The van der Waals surface area contributed by atoms with Crippen molar-refractivity contribution in [2.45, 2.75) is 0 Å². The molecule has 14 heteroatoms. The summed E-state index contributed by atoms with van der Waals surface area (Å²) in [6, 6.07) is 0. The summed E-state index contributed by atoms with van der Waals surface area (Å²) < 4.78 is 17.5. The molecule has 2 rings (SSSR count). The molecule has 2 heterocycles. The van der Waals surface area contributed by atoms with Gasteiger partial charge in [0.2, 0.25) is 12.7 Å². The van der Waals surface area contributed by atoms with E-state index in [1.165, 1.54) is 0 Å². The van der Waals surface area contributed by atoms with Gasteiger partial charge in [0.05, 0.1) is 0 Å². The number of imidazole rings is 2. The molecular weight excluding hydrogens is 318 g/mol. The molecule has 0 saturated heterocycles. The maximum atomic E-state index is 8.77. The molecule has 0 atom stereocenters. The fourth-order valence-electron chi connectivity index (χ4n) is 0.481. The predicted molar refractivity (Wildman–Crippen MR) is 58.8 cm³/mol. The number of nitrogens with one attached hydrogen (secondary N) is 4. The quantitative estimate of drug-likeness (QED) is 0.265. The third-order valence-corrected chi connectivity index (χ3v) is 0.885. The Morgan fingerprint density at radius 3 is 1.10 bits per heavy atom. The standard InChI is InChI=1S/2C3H4N2.2H3O4P/c2*1-2-5-3-4-1;2*1-5(2,3)4/h2*1-3H,(H,4,5);2*(H3,1,2,3,4). The highest BCUT2D eigenvalue weighted by Gasteiger charge is 1.82. The second-order valence-corrected chi connectivity index (χ2v) is 4.57. The molecule has 0 radical (unpaired) electrons. The monoisotopic (exact) mass is 332 g/mol. The first-order chi connectivity index (χ1) is 9.00. The number of aromatic nitrogens is 4. The minimum absolute atomic E-state index is 1.75. The molecule has 2 aromatic rings. The van der Waals surface area contributed by atoms with Crippen molar-refractivity contribution in [3.8, 4) is 0 Å². The molecule has 0 spiro atoms. The molecule has 0 aliphatic heterocycles. The Morgan fingerprint density at radius 1 is 0.800 bits per heavy atom. The van der Waals surface area contributed by atoms with E-state index in [0.717, 1.165) is 0 Å². The van der Waals surface area contributed by atoms with Gasteiger partial charge in [-0.1, -0.05) is 0 Å². The molecule has 0 unspecified atom stereocenters. The lowest BCUT2D eigenvalue weighted by atomic mass is 11.0. The van der Waals surface area contributed by atoms with Crippen LogP contribution >= 0.6 is 15.6 Å². The van der Waals surface area contributed by atoms with Gasteiger partial charge in [0.25, 0.3) is 15.6 Å². The Hall–Kier alpha value is -1.36. The van der Waals surface area contributed by atoms with Crippen LogP contribution in [0.5, 0.6) is 0 Å². The first-order valence-corrected chi connectivity index (χ1v) is 7.57. The van der Waals surface area contributed by atoms with Gasteiger partial charge in [0.15, 0.2) is 0 Å². The van der Waals surface area contributed by atoms with Crippen LogP contribution in [0.25, 0.3) is 0 Å². The van der Waals surface area contributed by atoms with Crippen LogP contribution in [-0.4, -0.2) is 29.5 Å². The summed E-state index contributed by atoms with van der Waals surface area (Å²) in [6.45, 7) is 0. The molecular formula is C6H14N4O8P2. The SMILES string of the molecule is O=P([O-])(O)O.O=P([O-])(O)O.c1c[nH+]c[nH]1.c1c[nH+]c[nH]1. The molecule has 12 nitrogen and oxygen atoms in total. The van der Waals surface area contributed by atoms with Crippen LogP contribution in [0.3, 0.4) is 0 Å². The molecule has 20 heavy (non-hydrogen) atoms. The first kappa shape index (κ1) is 20.9. The van der Waals surface area contributed by atoms with Crippen LogP contribution in [0.2, 0.25) is 0 Å². The van der Waals surface area contributed by atoms with Gasteiger partial charge in [0, 0.05) is 0 Å². The third-order valence-electron chi connectivity index (χ3n) is 0.885. The van der Waals surface area contributed by atoms with Gasteiger partial charge in [-0.25, -0.2) is 0 Å². The summed E-state index contributed by atoms with van der Waals surface area (Å²) in [5.74, 6) is 0. The topological polar surface area (TPSA) is 221 Å². The van der Waals surface area contributed by atoms with Gasteiger partial charge in [-0.15, -0.1) is 0 Å². The van der Waals surface area contributed by atoms with Crippen LogP contribution in [0.15, 0.2) is 37.4 Å². The van der Waals surface area contributed by atoms with Crippen LogP contribution in [0.4, 0.5) is 0 Å². The molecule has 0 aliphatic rings. The van der Waals surface area contributed by atoms with Crippen LogP contribution < -0.4 is 19.8 Å². The van der Waals surface area contributed by atoms with Crippen molar-refractivity contribution in [2.75, 3.05) is 0 Å². The zero-order valence-corrected chi connectivity index (χ0v) is 11.6. The van der Waals surface area contributed by atoms with Gasteiger partial charge in [-0.3, -0.25) is 29.1 Å². The minimum Gasteiger partial charge on any atom is -0.756 e. The Kier molecular flexibility index (Phi) is 12.0. The van der Waals surface area contributed by atoms with E-state index >= 15 is 0 Å². The largest absolute Gasteiger partial charge is 0.756 e. The average molecular weight is 332 g/mol. The van der Waals surface area contributed by atoms with Gasteiger partial charge >= 0.3 is 0 Å². The Bertz CT molecular complexity index is 380. The Labute approximate surface area is 112 Å². The fraction of sp³-hybridized carbons (Fsp3) is 0. The van der Waals surface area contributed by atoms with Crippen molar-refractivity contribution in [1.29, 1.82) is 0 Å². The van der Waals surface area contributed by atoms with Crippen molar-refractivity contribution in [3.63, 3.8) is 0 Å². The molecule has 0 aromatic carbocycles. The molecule has 0 bridgehead atoms. The molecule has 0 fully saturated rings. The van der Waals surface area contributed by atoms with E-state index in [1.54, 1.807) is 12.7 Å². The zero-order valence-electron chi connectivity index (χ0n) is 9.78. The van der Waals surface area contributed by atoms with Crippen LogP contribution in [-0.2, 0) is 9.13 Å². The first-order valence-electron chi connectivity index (χ1n) is 4.51. The van der Waals surface area contributed by atoms with E-state index in [0.29, 0.717) is 0 Å². The van der Waals surface area contributed by atoms with Gasteiger partial charge in [0.1, 0.15) is 24.8 Å². The van der Waals surface area contributed by atoms with E-state index in [1.807, 2.05) is 24.8 Å². The molecule has 0 saturated carbocycles. The molecule has 0 aliphatic carbocycles. The molecule has 8 N–H and O–H groups in total. The summed E-state index contributed by atoms with van der Waals surface area (Å²) >= 11 is 0. The van der Waals surface area contributed by atoms with Crippen LogP contribution in [0.1, 0.15) is 0 Å². The van der Waals surface area contributed by atoms with Gasteiger partial charge < -0.3 is 29.4 Å². The number of H-pyrrole nitrogens is 4. The lowest BCUT2D eigenvalue weighted by Gasteiger charge is -2.01. The number of phosphoric acid groups is 2. The maximum absolute atomic E-state index is 8.77. The normalized spacial score (nSPS) is 9.90. The van der Waals surface area contributed by atoms with Gasteiger partial charge in [-0.2, -0.15) is 0 Å².